The molecule has 0 spiro atoms. The summed E-state index contributed by atoms with van der Waals surface area (Å²) in [5.74, 6) is 0.697. The van der Waals surface area contributed by atoms with Gasteiger partial charge >= 0.3 is 0 Å². The first-order valence-electron chi connectivity index (χ1n) is 10.7. The highest BCUT2D eigenvalue weighted by Gasteiger charge is 2.22. The van der Waals surface area contributed by atoms with Crippen LogP contribution in [0.1, 0.15) is 21.2 Å². The molecule has 1 unspecified atom stereocenters. The monoisotopic (exact) mass is 503 g/mol. The van der Waals surface area contributed by atoms with E-state index in [2.05, 4.69) is 15.6 Å². The van der Waals surface area contributed by atoms with Crippen molar-refractivity contribution < 1.29 is 14.3 Å². The molecule has 1 heterocycles. The van der Waals surface area contributed by atoms with Crippen molar-refractivity contribution in [3.63, 3.8) is 0 Å². The third-order valence-electron chi connectivity index (χ3n) is 5.04. The molecule has 35 heavy (non-hydrogen) atoms. The molecule has 0 aliphatic rings. The second-order valence-corrected chi connectivity index (χ2v) is 9.08. The second kappa shape index (κ2) is 11.6. The third kappa shape index (κ3) is 6.62. The van der Waals surface area contributed by atoms with E-state index >= 15 is 0 Å². The number of amides is 2. The Labute approximate surface area is 212 Å². The number of halogens is 1. The van der Waals surface area contributed by atoms with Crippen molar-refractivity contribution in [3.8, 4) is 5.75 Å². The first kappa shape index (κ1) is 24.3. The minimum atomic E-state index is -0.506. The molecule has 0 saturated carbocycles. The average Bonchev–Trinajstić information content (AvgIpc) is 2.90. The van der Waals surface area contributed by atoms with Gasteiger partial charge in [0.1, 0.15) is 16.8 Å². The van der Waals surface area contributed by atoms with Crippen molar-refractivity contribution in [3.05, 3.63) is 113 Å². The number of hydrogen-bond acceptors (Lipinski definition) is 5. The highest BCUT2D eigenvalue weighted by molar-refractivity contribution is 8.00. The summed E-state index contributed by atoms with van der Waals surface area (Å²) in [7, 11) is 1.58. The molecule has 2 N–H and O–H groups in total. The summed E-state index contributed by atoms with van der Waals surface area (Å²) < 4.78 is 5.13. The van der Waals surface area contributed by atoms with E-state index in [9.17, 15) is 9.59 Å². The first-order chi connectivity index (χ1) is 17.0. The summed E-state index contributed by atoms with van der Waals surface area (Å²) >= 11 is 7.30. The van der Waals surface area contributed by atoms with Crippen molar-refractivity contribution in [1.82, 2.24) is 4.98 Å². The van der Waals surface area contributed by atoms with Gasteiger partial charge in [0, 0.05) is 22.3 Å². The SMILES string of the molecule is COc1ccc(C(=O)Nc2ccc(SC(C(=O)Nc3ccc(Cl)cn3)c3ccccc3)cc2)cc1. The molecule has 0 aliphatic heterocycles. The number of hydrogen-bond donors (Lipinski definition) is 2. The van der Waals surface area contributed by atoms with Crippen LogP contribution >= 0.6 is 23.4 Å². The Hall–Kier alpha value is -3.81. The Kier molecular flexibility index (Phi) is 8.03. The Bertz CT molecular complexity index is 1280. The molecule has 3 aromatic carbocycles. The molecule has 1 aromatic heterocycles. The number of aromatic nitrogens is 1. The maximum Gasteiger partial charge on any atom is 0.255 e. The van der Waals surface area contributed by atoms with Crippen LogP contribution in [-0.4, -0.2) is 23.9 Å². The van der Waals surface area contributed by atoms with Gasteiger partial charge in [0.2, 0.25) is 5.91 Å². The number of benzene rings is 3. The number of carbonyl (C=O) groups is 2. The number of methoxy groups -OCH3 is 1. The van der Waals surface area contributed by atoms with Gasteiger partial charge in [-0.15, -0.1) is 11.8 Å². The van der Waals surface area contributed by atoms with E-state index < -0.39 is 5.25 Å². The second-order valence-electron chi connectivity index (χ2n) is 7.47. The summed E-state index contributed by atoms with van der Waals surface area (Å²) in [5, 5.41) is 5.73. The fraction of sp³-hybridized carbons (Fsp3) is 0.0741. The number of anilines is 2. The Morgan fingerprint density at radius 3 is 2.23 bits per heavy atom. The van der Waals surface area contributed by atoms with E-state index in [0.29, 0.717) is 27.8 Å². The van der Waals surface area contributed by atoms with Crippen LogP contribution in [0.4, 0.5) is 11.5 Å². The standard InChI is InChI=1S/C27H22ClN3O3S/c1-34-22-12-7-19(8-13-22)26(32)30-21-10-14-23(15-11-21)35-25(18-5-3-2-4-6-18)27(33)31-24-16-9-20(28)17-29-24/h2-17,25H,1H3,(H,30,32)(H,29,31,33). The van der Waals surface area contributed by atoms with Gasteiger partial charge in [0.05, 0.1) is 12.1 Å². The van der Waals surface area contributed by atoms with Gasteiger partial charge in [-0.05, 0) is 66.2 Å². The largest absolute Gasteiger partial charge is 0.497 e. The summed E-state index contributed by atoms with van der Waals surface area (Å²) in [5.41, 5.74) is 2.04. The minimum Gasteiger partial charge on any atom is -0.497 e. The van der Waals surface area contributed by atoms with E-state index in [-0.39, 0.29) is 11.8 Å². The van der Waals surface area contributed by atoms with Crippen LogP contribution in [0.15, 0.2) is 102 Å². The molecule has 0 radical (unpaired) electrons. The van der Waals surface area contributed by atoms with Gasteiger partial charge in [-0.1, -0.05) is 41.9 Å². The lowest BCUT2D eigenvalue weighted by Gasteiger charge is -2.17. The van der Waals surface area contributed by atoms with Crippen LogP contribution in [0.2, 0.25) is 5.02 Å². The predicted octanol–water partition coefficient (Wildman–Crippen LogP) is 6.47. The van der Waals surface area contributed by atoms with Crippen LogP contribution in [0, 0.1) is 0 Å². The number of nitrogens with one attached hydrogen (secondary N) is 2. The lowest BCUT2D eigenvalue weighted by Crippen LogP contribution is -2.19. The number of rotatable bonds is 8. The molecule has 0 saturated heterocycles. The van der Waals surface area contributed by atoms with Crippen LogP contribution in [0.25, 0.3) is 0 Å². The van der Waals surface area contributed by atoms with Crippen LogP contribution in [0.5, 0.6) is 5.75 Å². The molecule has 176 valence electrons. The number of thioether (sulfide) groups is 1. The van der Waals surface area contributed by atoms with Gasteiger partial charge in [0.25, 0.3) is 5.91 Å². The van der Waals surface area contributed by atoms with Gasteiger partial charge in [0.15, 0.2) is 0 Å². The zero-order chi connectivity index (χ0) is 24.6. The maximum absolute atomic E-state index is 13.1. The molecule has 8 heteroatoms. The number of ether oxygens (including phenoxy) is 1. The maximum atomic E-state index is 13.1. The minimum absolute atomic E-state index is 0.201. The van der Waals surface area contributed by atoms with E-state index in [4.69, 9.17) is 16.3 Å². The highest BCUT2D eigenvalue weighted by atomic mass is 35.5. The average molecular weight is 504 g/mol. The smallest absolute Gasteiger partial charge is 0.255 e. The molecule has 2 amide bonds. The molecule has 1 atom stereocenters. The quantitative estimate of drug-likeness (QED) is 0.269. The van der Waals surface area contributed by atoms with Gasteiger partial charge in [-0.25, -0.2) is 4.98 Å². The zero-order valence-corrected chi connectivity index (χ0v) is 20.3. The van der Waals surface area contributed by atoms with Crippen molar-refractivity contribution in [2.45, 2.75) is 10.1 Å². The third-order valence-corrected chi connectivity index (χ3v) is 6.53. The van der Waals surface area contributed by atoms with Crippen LogP contribution in [-0.2, 0) is 4.79 Å². The Morgan fingerprint density at radius 2 is 1.60 bits per heavy atom. The van der Waals surface area contributed by atoms with Crippen molar-refractivity contribution in [2.24, 2.45) is 0 Å². The predicted molar refractivity (Wildman–Crippen MR) is 140 cm³/mol. The molecular weight excluding hydrogens is 482 g/mol. The molecule has 4 rings (SSSR count). The van der Waals surface area contributed by atoms with Crippen molar-refractivity contribution >= 4 is 46.7 Å². The van der Waals surface area contributed by atoms with E-state index in [1.807, 2.05) is 54.6 Å². The first-order valence-corrected chi connectivity index (χ1v) is 12.0. The van der Waals surface area contributed by atoms with Gasteiger partial charge in [-0.3, -0.25) is 9.59 Å². The lowest BCUT2D eigenvalue weighted by atomic mass is 10.1. The number of pyridine rings is 1. The Balaban J connectivity index is 1.46. The molecule has 6 nitrogen and oxygen atoms in total. The van der Waals surface area contributed by atoms with Gasteiger partial charge in [-0.2, -0.15) is 0 Å². The molecule has 0 fully saturated rings. The van der Waals surface area contributed by atoms with E-state index in [1.165, 1.54) is 18.0 Å². The van der Waals surface area contributed by atoms with Crippen molar-refractivity contribution in [1.29, 1.82) is 0 Å². The number of carbonyl (C=O) groups excluding carboxylic acids is 2. The molecule has 0 bridgehead atoms. The zero-order valence-electron chi connectivity index (χ0n) is 18.8. The van der Waals surface area contributed by atoms with Crippen LogP contribution in [0.3, 0.4) is 0 Å². The van der Waals surface area contributed by atoms with E-state index in [0.717, 1.165) is 10.5 Å². The summed E-state index contributed by atoms with van der Waals surface area (Å²) in [6, 6.07) is 27.1. The molecule has 4 aromatic rings. The van der Waals surface area contributed by atoms with Gasteiger partial charge < -0.3 is 15.4 Å². The summed E-state index contributed by atoms with van der Waals surface area (Å²) in [4.78, 5) is 30.7. The number of nitrogens with zero attached hydrogens (tertiary/aromatic N) is 1. The molecular formula is C27H22ClN3O3S. The van der Waals surface area contributed by atoms with Crippen LogP contribution < -0.4 is 15.4 Å². The fourth-order valence-electron chi connectivity index (χ4n) is 3.24. The fourth-order valence-corrected chi connectivity index (χ4v) is 4.38. The Morgan fingerprint density at radius 1 is 0.886 bits per heavy atom. The highest BCUT2D eigenvalue weighted by Crippen LogP contribution is 2.36. The summed E-state index contributed by atoms with van der Waals surface area (Å²) in [6.07, 6.45) is 1.49. The van der Waals surface area contributed by atoms with Crippen molar-refractivity contribution in [2.75, 3.05) is 17.7 Å². The topological polar surface area (TPSA) is 80.3 Å². The van der Waals surface area contributed by atoms with E-state index in [1.54, 1.807) is 43.5 Å². The summed E-state index contributed by atoms with van der Waals surface area (Å²) in [6.45, 7) is 0. The lowest BCUT2D eigenvalue weighted by molar-refractivity contribution is -0.115. The molecule has 0 aliphatic carbocycles. The normalized spacial score (nSPS) is 11.4.